The number of alkyl halides is 1. The number of likely N-dealkylation sites (tertiary alicyclic amines) is 1. The maximum absolute atomic E-state index is 14.0. The van der Waals surface area contributed by atoms with Crippen LogP contribution < -0.4 is 0 Å². The summed E-state index contributed by atoms with van der Waals surface area (Å²) < 4.78 is 16.1. The quantitative estimate of drug-likeness (QED) is 0.554. The molecule has 0 bridgehead atoms. The average Bonchev–Trinajstić information content (AvgIpc) is 3.01. The van der Waals surface area contributed by atoms with Crippen LogP contribution in [0.25, 0.3) is 11.0 Å². The first-order chi connectivity index (χ1) is 12.7. The molecule has 3 nitrogen and oxygen atoms in total. The highest BCUT2D eigenvalue weighted by molar-refractivity contribution is 6.31. The summed E-state index contributed by atoms with van der Waals surface area (Å²) in [5.74, 6) is 0.672. The van der Waals surface area contributed by atoms with Crippen molar-refractivity contribution >= 4 is 34.2 Å². The molecule has 0 amide bonds. The lowest BCUT2D eigenvalue weighted by molar-refractivity contribution is 0.180. The van der Waals surface area contributed by atoms with E-state index in [1.807, 2.05) is 6.07 Å². The molecule has 6 heteroatoms. The molecule has 2 heterocycles. The van der Waals surface area contributed by atoms with Gasteiger partial charge in [0.25, 0.3) is 0 Å². The van der Waals surface area contributed by atoms with Crippen molar-refractivity contribution in [1.29, 1.82) is 0 Å². The van der Waals surface area contributed by atoms with Gasteiger partial charge < -0.3 is 4.57 Å². The van der Waals surface area contributed by atoms with Crippen molar-refractivity contribution in [1.82, 2.24) is 14.5 Å². The second-order valence-corrected chi connectivity index (χ2v) is 7.45. The van der Waals surface area contributed by atoms with E-state index in [9.17, 15) is 4.39 Å². The Morgan fingerprint density at radius 2 is 1.85 bits per heavy atom. The molecule has 2 aromatic carbocycles. The SMILES string of the molecule is Fc1cc2c(cc1Cl)nc(CCl)n2C1CCN(Cc2ccccc2)CC1. The minimum Gasteiger partial charge on any atom is -0.324 e. The minimum atomic E-state index is -0.414. The van der Waals surface area contributed by atoms with Gasteiger partial charge in [0.1, 0.15) is 11.6 Å². The molecular weight excluding hydrogens is 372 g/mol. The van der Waals surface area contributed by atoms with Crippen LogP contribution in [0.4, 0.5) is 4.39 Å². The third-order valence-corrected chi connectivity index (χ3v) is 5.62. The zero-order valence-electron chi connectivity index (χ0n) is 14.3. The standard InChI is InChI=1S/C20H20Cl2FN3/c21-12-20-24-18-10-16(22)17(23)11-19(18)26(20)15-6-8-25(9-7-15)13-14-4-2-1-3-5-14/h1-5,10-11,15H,6-9,12-13H2. The van der Waals surface area contributed by atoms with Crippen LogP contribution in [0.2, 0.25) is 5.02 Å². The summed E-state index contributed by atoms with van der Waals surface area (Å²) in [7, 11) is 0. The van der Waals surface area contributed by atoms with Crippen LogP contribution in [0, 0.1) is 5.82 Å². The third-order valence-electron chi connectivity index (χ3n) is 5.10. The van der Waals surface area contributed by atoms with Gasteiger partial charge in [0.2, 0.25) is 0 Å². The van der Waals surface area contributed by atoms with Gasteiger partial charge in [-0.3, -0.25) is 4.90 Å². The number of imidazole rings is 1. The highest BCUT2D eigenvalue weighted by atomic mass is 35.5. The molecule has 3 aromatic rings. The molecule has 0 spiro atoms. The molecule has 1 fully saturated rings. The molecule has 1 aliphatic heterocycles. The van der Waals surface area contributed by atoms with Crippen molar-refractivity contribution in [2.45, 2.75) is 31.3 Å². The number of benzene rings is 2. The van der Waals surface area contributed by atoms with Crippen LogP contribution in [-0.2, 0) is 12.4 Å². The molecule has 1 saturated heterocycles. The monoisotopic (exact) mass is 391 g/mol. The predicted molar refractivity (Wildman–Crippen MR) is 104 cm³/mol. The highest BCUT2D eigenvalue weighted by Gasteiger charge is 2.25. The Balaban J connectivity index is 1.54. The van der Waals surface area contributed by atoms with Gasteiger partial charge in [-0.05, 0) is 24.5 Å². The third kappa shape index (κ3) is 3.46. The van der Waals surface area contributed by atoms with Crippen molar-refractivity contribution in [3.63, 3.8) is 0 Å². The van der Waals surface area contributed by atoms with Crippen molar-refractivity contribution in [3.8, 4) is 0 Å². The number of nitrogens with zero attached hydrogens (tertiary/aromatic N) is 3. The zero-order valence-corrected chi connectivity index (χ0v) is 15.8. The average molecular weight is 392 g/mol. The lowest BCUT2D eigenvalue weighted by Gasteiger charge is -2.33. The Labute approximate surface area is 162 Å². The van der Waals surface area contributed by atoms with E-state index in [1.165, 1.54) is 11.6 Å². The fraction of sp³-hybridized carbons (Fsp3) is 0.350. The summed E-state index contributed by atoms with van der Waals surface area (Å²) in [6.07, 6.45) is 1.98. The summed E-state index contributed by atoms with van der Waals surface area (Å²) >= 11 is 12.0. The second-order valence-electron chi connectivity index (χ2n) is 6.78. The Kier molecular flexibility index (Phi) is 5.16. The highest BCUT2D eigenvalue weighted by Crippen LogP contribution is 2.32. The molecule has 1 aromatic heterocycles. The smallest absolute Gasteiger partial charge is 0.144 e. The molecule has 0 aliphatic carbocycles. The van der Waals surface area contributed by atoms with E-state index in [0.29, 0.717) is 11.4 Å². The lowest BCUT2D eigenvalue weighted by Crippen LogP contribution is -2.34. The molecule has 136 valence electrons. The first-order valence-corrected chi connectivity index (χ1v) is 9.75. The van der Waals surface area contributed by atoms with Crippen molar-refractivity contribution in [2.75, 3.05) is 13.1 Å². The number of aromatic nitrogens is 2. The van der Waals surface area contributed by atoms with Gasteiger partial charge in [-0.15, -0.1) is 11.6 Å². The van der Waals surface area contributed by atoms with Gasteiger partial charge in [0, 0.05) is 31.7 Å². The fourth-order valence-electron chi connectivity index (χ4n) is 3.82. The van der Waals surface area contributed by atoms with E-state index in [4.69, 9.17) is 23.2 Å². The van der Waals surface area contributed by atoms with Crippen LogP contribution in [0.15, 0.2) is 42.5 Å². The minimum absolute atomic E-state index is 0.0981. The molecule has 0 radical (unpaired) electrons. The molecule has 0 unspecified atom stereocenters. The van der Waals surface area contributed by atoms with E-state index in [2.05, 4.69) is 38.7 Å². The topological polar surface area (TPSA) is 21.1 Å². The van der Waals surface area contributed by atoms with Gasteiger partial charge in [-0.25, -0.2) is 9.37 Å². The number of hydrogen-bond acceptors (Lipinski definition) is 2. The predicted octanol–water partition coefficient (Wildman–Crippen LogP) is 5.40. The normalized spacial score (nSPS) is 16.4. The van der Waals surface area contributed by atoms with Crippen LogP contribution in [0.1, 0.15) is 30.3 Å². The number of hydrogen-bond donors (Lipinski definition) is 0. The van der Waals surface area contributed by atoms with Gasteiger partial charge >= 0.3 is 0 Å². The number of rotatable bonds is 4. The van der Waals surface area contributed by atoms with Crippen molar-refractivity contribution < 1.29 is 4.39 Å². The van der Waals surface area contributed by atoms with E-state index in [0.717, 1.165) is 43.8 Å². The lowest BCUT2D eigenvalue weighted by atomic mass is 10.0. The zero-order chi connectivity index (χ0) is 18.1. The van der Waals surface area contributed by atoms with Crippen LogP contribution in [0.3, 0.4) is 0 Å². The Hall–Kier alpha value is -1.62. The van der Waals surface area contributed by atoms with Gasteiger partial charge in [-0.2, -0.15) is 0 Å². The maximum Gasteiger partial charge on any atom is 0.144 e. The summed E-state index contributed by atoms with van der Waals surface area (Å²) in [6.45, 7) is 2.96. The first kappa shape index (κ1) is 17.8. The maximum atomic E-state index is 14.0. The summed E-state index contributed by atoms with van der Waals surface area (Å²) in [5, 5.41) is 0.0981. The van der Waals surface area contributed by atoms with E-state index >= 15 is 0 Å². The van der Waals surface area contributed by atoms with Crippen molar-refractivity contribution in [3.05, 3.63) is 64.7 Å². The fourth-order valence-corrected chi connectivity index (χ4v) is 4.17. The molecule has 0 saturated carbocycles. The Morgan fingerprint density at radius 3 is 2.54 bits per heavy atom. The molecule has 26 heavy (non-hydrogen) atoms. The van der Waals surface area contributed by atoms with Crippen molar-refractivity contribution in [2.24, 2.45) is 0 Å². The molecular formula is C20H20Cl2FN3. The Morgan fingerprint density at radius 1 is 1.12 bits per heavy atom. The van der Waals surface area contributed by atoms with Crippen LogP contribution in [0.5, 0.6) is 0 Å². The molecule has 0 atom stereocenters. The van der Waals surface area contributed by atoms with Gasteiger partial charge in [0.05, 0.1) is 21.9 Å². The summed E-state index contributed by atoms with van der Waals surface area (Å²) in [6, 6.07) is 13.9. The largest absolute Gasteiger partial charge is 0.324 e. The summed E-state index contributed by atoms with van der Waals surface area (Å²) in [5.41, 5.74) is 2.82. The summed E-state index contributed by atoms with van der Waals surface area (Å²) in [4.78, 5) is 7.02. The number of piperidine rings is 1. The molecule has 1 aliphatic rings. The molecule has 4 rings (SSSR count). The number of fused-ring (bicyclic) bond motifs is 1. The van der Waals surface area contributed by atoms with Crippen LogP contribution >= 0.6 is 23.2 Å². The molecule has 0 N–H and O–H groups in total. The van der Waals surface area contributed by atoms with E-state index in [-0.39, 0.29) is 11.1 Å². The first-order valence-electron chi connectivity index (χ1n) is 8.84. The van der Waals surface area contributed by atoms with Crippen LogP contribution in [-0.4, -0.2) is 27.5 Å². The number of halogens is 3. The van der Waals surface area contributed by atoms with E-state index in [1.54, 1.807) is 6.07 Å². The second kappa shape index (κ2) is 7.55. The van der Waals surface area contributed by atoms with Gasteiger partial charge in [0.15, 0.2) is 0 Å². The Bertz CT molecular complexity index is 902. The van der Waals surface area contributed by atoms with Gasteiger partial charge in [-0.1, -0.05) is 41.9 Å². The van der Waals surface area contributed by atoms with E-state index < -0.39 is 5.82 Å².